The van der Waals surface area contributed by atoms with E-state index in [0.717, 1.165) is 11.6 Å². The van der Waals surface area contributed by atoms with Crippen LogP contribution in [0.5, 0.6) is 0 Å². The van der Waals surface area contributed by atoms with Crippen molar-refractivity contribution in [2.45, 2.75) is 39.3 Å². The van der Waals surface area contributed by atoms with Gasteiger partial charge in [0.15, 0.2) is 0 Å². The van der Waals surface area contributed by atoms with Crippen molar-refractivity contribution >= 4 is 11.6 Å². The molecule has 3 unspecified atom stereocenters. The third-order valence-electron chi connectivity index (χ3n) is 3.28. The van der Waals surface area contributed by atoms with Crippen molar-refractivity contribution in [1.29, 1.82) is 0 Å². The predicted octanol–water partition coefficient (Wildman–Crippen LogP) is 2.70. The lowest BCUT2D eigenvalue weighted by molar-refractivity contribution is -0.114. The number of hydrogen-bond donors (Lipinski definition) is 2. The minimum absolute atomic E-state index is 0.0291. The van der Waals surface area contributed by atoms with Crippen LogP contribution in [0.25, 0.3) is 0 Å². The van der Waals surface area contributed by atoms with Gasteiger partial charge in [-0.3, -0.25) is 4.79 Å². The van der Waals surface area contributed by atoms with Gasteiger partial charge in [-0.2, -0.15) is 0 Å². The number of benzene rings is 1. The number of rotatable bonds is 4. The Morgan fingerprint density at radius 1 is 1.47 bits per heavy atom. The second-order valence-corrected chi connectivity index (χ2v) is 5.01. The summed E-state index contributed by atoms with van der Waals surface area (Å²) >= 11 is 0. The van der Waals surface area contributed by atoms with Crippen LogP contribution in [0.4, 0.5) is 5.69 Å². The molecular weight excluding hydrogens is 212 g/mol. The highest BCUT2D eigenvalue weighted by Gasteiger charge is 2.33. The van der Waals surface area contributed by atoms with Crippen LogP contribution < -0.4 is 10.6 Å². The Bertz CT molecular complexity index is 416. The topological polar surface area (TPSA) is 41.1 Å². The molecule has 17 heavy (non-hydrogen) atoms. The highest BCUT2D eigenvalue weighted by atomic mass is 16.1. The van der Waals surface area contributed by atoms with Gasteiger partial charge >= 0.3 is 0 Å². The normalized spacial score (nSPS) is 24.2. The molecule has 0 heterocycles. The van der Waals surface area contributed by atoms with Crippen LogP contribution in [0.3, 0.4) is 0 Å². The second kappa shape index (κ2) is 4.88. The Labute approximate surface area is 103 Å². The molecule has 3 nitrogen and oxygen atoms in total. The Kier molecular flexibility index (Phi) is 3.48. The van der Waals surface area contributed by atoms with Crippen LogP contribution in [0.15, 0.2) is 24.3 Å². The van der Waals surface area contributed by atoms with Gasteiger partial charge in [0.05, 0.1) is 0 Å². The largest absolute Gasteiger partial charge is 0.326 e. The summed E-state index contributed by atoms with van der Waals surface area (Å²) in [5.74, 6) is 0.773. The molecule has 0 spiro atoms. The zero-order chi connectivity index (χ0) is 12.4. The SMILES string of the molecule is CC(=O)Nc1cccc(C(C)NC2CC2C)c1. The Morgan fingerprint density at radius 3 is 2.76 bits per heavy atom. The number of amides is 1. The van der Waals surface area contributed by atoms with E-state index < -0.39 is 0 Å². The third-order valence-corrected chi connectivity index (χ3v) is 3.28. The first-order valence-corrected chi connectivity index (χ1v) is 6.20. The minimum Gasteiger partial charge on any atom is -0.326 e. The maximum absolute atomic E-state index is 11.0. The van der Waals surface area contributed by atoms with Crippen LogP contribution in [0, 0.1) is 5.92 Å². The van der Waals surface area contributed by atoms with Gasteiger partial charge in [0, 0.05) is 24.7 Å². The quantitative estimate of drug-likeness (QED) is 0.838. The van der Waals surface area contributed by atoms with E-state index >= 15 is 0 Å². The fraction of sp³-hybridized carbons (Fsp3) is 0.500. The maximum atomic E-state index is 11.0. The van der Waals surface area contributed by atoms with Gasteiger partial charge in [-0.1, -0.05) is 19.1 Å². The van der Waals surface area contributed by atoms with Crippen molar-refractivity contribution in [1.82, 2.24) is 5.32 Å². The molecule has 0 aromatic heterocycles. The first-order valence-electron chi connectivity index (χ1n) is 6.20. The smallest absolute Gasteiger partial charge is 0.221 e. The third kappa shape index (κ3) is 3.30. The first-order chi connectivity index (χ1) is 8.06. The molecule has 2 N–H and O–H groups in total. The lowest BCUT2D eigenvalue weighted by Crippen LogP contribution is -2.22. The molecule has 0 bridgehead atoms. The molecule has 1 fully saturated rings. The van der Waals surface area contributed by atoms with E-state index in [1.165, 1.54) is 18.9 Å². The van der Waals surface area contributed by atoms with Crippen LogP contribution in [0.2, 0.25) is 0 Å². The minimum atomic E-state index is -0.0291. The van der Waals surface area contributed by atoms with Crippen molar-refractivity contribution in [3.63, 3.8) is 0 Å². The van der Waals surface area contributed by atoms with Crippen molar-refractivity contribution in [2.75, 3.05) is 5.32 Å². The van der Waals surface area contributed by atoms with E-state index in [0.29, 0.717) is 12.1 Å². The molecule has 0 saturated heterocycles. The molecule has 1 aromatic carbocycles. The van der Waals surface area contributed by atoms with Gasteiger partial charge in [-0.15, -0.1) is 0 Å². The molecule has 3 atom stereocenters. The highest BCUT2D eigenvalue weighted by Crippen LogP contribution is 2.31. The molecule has 92 valence electrons. The summed E-state index contributed by atoms with van der Waals surface area (Å²) in [6.07, 6.45) is 1.27. The molecule has 1 aliphatic carbocycles. The Balaban J connectivity index is 2.01. The molecule has 0 aliphatic heterocycles. The monoisotopic (exact) mass is 232 g/mol. The number of carbonyl (C=O) groups excluding carboxylic acids is 1. The van der Waals surface area contributed by atoms with E-state index in [1.807, 2.05) is 18.2 Å². The summed E-state index contributed by atoms with van der Waals surface area (Å²) in [7, 11) is 0. The second-order valence-electron chi connectivity index (χ2n) is 5.01. The van der Waals surface area contributed by atoms with E-state index in [9.17, 15) is 4.79 Å². The molecule has 2 rings (SSSR count). The number of anilines is 1. The molecule has 1 aliphatic rings. The fourth-order valence-electron chi connectivity index (χ4n) is 2.06. The van der Waals surface area contributed by atoms with Gasteiger partial charge in [-0.05, 0) is 37.0 Å². The standard InChI is InChI=1S/C14H20N2O/c1-9-7-14(9)15-10(2)12-5-4-6-13(8-12)16-11(3)17/h4-6,8-10,14-15H,7H2,1-3H3,(H,16,17). The molecule has 3 heteroatoms. The Morgan fingerprint density at radius 2 is 2.18 bits per heavy atom. The molecular formula is C14H20N2O. The summed E-state index contributed by atoms with van der Waals surface area (Å²) < 4.78 is 0. The average molecular weight is 232 g/mol. The number of carbonyl (C=O) groups is 1. The van der Waals surface area contributed by atoms with Crippen molar-refractivity contribution in [3.8, 4) is 0 Å². The van der Waals surface area contributed by atoms with Crippen molar-refractivity contribution in [3.05, 3.63) is 29.8 Å². The van der Waals surface area contributed by atoms with E-state index in [2.05, 4.69) is 30.5 Å². The first kappa shape index (κ1) is 12.1. The maximum Gasteiger partial charge on any atom is 0.221 e. The van der Waals surface area contributed by atoms with Gasteiger partial charge < -0.3 is 10.6 Å². The summed E-state index contributed by atoms with van der Waals surface area (Å²) in [6, 6.07) is 9.02. The summed E-state index contributed by atoms with van der Waals surface area (Å²) in [6.45, 7) is 5.95. The van der Waals surface area contributed by atoms with Gasteiger partial charge in [0.1, 0.15) is 0 Å². The van der Waals surface area contributed by atoms with Gasteiger partial charge in [-0.25, -0.2) is 0 Å². The van der Waals surface area contributed by atoms with Crippen LogP contribution in [-0.2, 0) is 4.79 Å². The lowest BCUT2D eigenvalue weighted by Gasteiger charge is -2.15. The predicted molar refractivity (Wildman–Crippen MR) is 69.9 cm³/mol. The Hall–Kier alpha value is -1.35. The molecule has 0 radical (unpaired) electrons. The average Bonchev–Trinajstić information content (AvgIpc) is 2.93. The summed E-state index contributed by atoms with van der Waals surface area (Å²) in [5, 5.41) is 6.40. The molecule has 1 aromatic rings. The number of nitrogens with one attached hydrogen (secondary N) is 2. The molecule has 1 amide bonds. The van der Waals surface area contributed by atoms with E-state index in [1.54, 1.807) is 0 Å². The van der Waals surface area contributed by atoms with E-state index in [-0.39, 0.29) is 5.91 Å². The van der Waals surface area contributed by atoms with Crippen LogP contribution >= 0.6 is 0 Å². The van der Waals surface area contributed by atoms with Crippen LogP contribution in [-0.4, -0.2) is 11.9 Å². The fourth-order valence-corrected chi connectivity index (χ4v) is 2.06. The zero-order valence-electron chi connectivity index (χ0n) is 10.7. The zero-order valence-corrected chi connectivity index (χ0v) is 10.7. The van der Waals surface area contributed by atoms with Crippen LogP contribution in [0.1, 0.15) is 38.8 Å². The lowest BCUT2D eigenvalue weighted by atomic mass is 10.1. The molecule has 1 saturated carbocycles. The van der Waals surface area contributed by atoms with Gasteiger partial charge in [0.25, 0.3) is 0 Å². The van der Waals surface area contributed by atoms with E-state index in [4.69, 9.17) is 0 Å². The summed E-state index contributed by atoms with van der Waals surface area (Å²) in [4.78, 5) is 11.0. The summed E-state index contributed by atoms with van der Waals surface area (Å²) in [5.41, 5.74) is 2.09. The number of hydrogen-bond acceptors (Lipinski definition) is 2. The van der Waals surface area contributed by atoms with Crippen molar-refractivity contribution in [2.24, 2.45) is 5.92 Å². The van der Waals surface area contributed by atoms with Gasteiger partial charge in [0.2, 0.25) is 5.91 Å². The van der Waals surface area contributed by atoms with Crippen molar-refractivity contribution < 1.29 is 4.79 Å². The highest BCUT2D eigenvalue weighted by molar-refractivity contribution is 5.88.